The van der Waals surface area contributed by atoms with E-state index in [-0.39, 0.29) is 11.9 Å². The average molecular weight is 466 g/mol. The van der Waals surface area contributed by atoms with Gasteiger partial charge in [-0.25, -0.2) is 0 Å². The van der Waals surface area contributed by atoms with E-state index in [1.807, 2.05) is 39.0 Å². The van der Waals surface area contributed by atoms with E-state index in [1.165, 1.54) is 0 Å². The quantitative estimate of drug-likeness (QED) is 0.274. The van der Waals surface area contributed by atoms with Crippen molar-refractivity contribution in [3.8, 4) is 5.75 Å². The molecule has 0 bridgehead atoms. The molecule has 29 heavy (non-hydrogen) atoms. The van der Waals surface area contributed by atoms with Crippen LogP contribution < -0.4 is 4.74 Å². The summed E-state index contributed by atoms with van der Waals surface area (Å²) in [5.41, 5.74) is 1.35. The predicted molar refractivity (Wildman–Crippen MR) is 117 cm³/mol. The number of furan rings is 1. The summed E-state index contributed by atoms with van der Waals surface area (Å²) in [5, 5.41) is 0.867. The van der Waals surface area contributed by atoms with Crippen molar-refractivity contribution in [1.29, 1.82) is 0 Å². The molecule has 1 aromatic carbocycles. The molecule has 1 heterocycles. The Kier molecular flexibility index (Phi) is 8.76. The molecule has 1 amide bonds. The average Bonchev–Trinajstić information content (AvgIpc) is 3.14. The van der Waals surface area contributed by atoms with Crippen molar-refractivity contribution < 1.29 is 23.5 Å². The minimum atomic E-state index is -0.226. The van der Waals surface area contributed by atoms with Gasteiger partial charge in [-0.1, -0.05) is 15.9 Å². The first kappa shape index (κ1) is 23.0. The maximum atomic E-state index is 12.4. The van der Waals surface area contributed by atoms with E-state index in [4.69, 9.17) is 13.9 Å². The first-order chi connectivity index (χ1) is 13.9. The van der Waals surface area contributed by atoms with Crippen LogP contribution >= 0.6 is 15.9 Å². The number of fused-ring (bicyclic) bond motifs is 1. The van der Waals surface area contributed by atoms with Crippen LogP contribution in [0.4, 0.5) is 0 Å². The van der Waals surface area contributed by atoms with E-state index >= 15 is 0 Å². The third-order valence-corrected chi connectivity index (χ3v) is 5.18. The van der Waals surface area contributed by atoms with E-state index in [1.54, 1.807) is 17.9 Å². The molecular weight excluding hydrogens is 438 g/mol. The molecule has 0 aliphatic heterocycles. The van der Waals surface area contributed by atoms with Crippen LogP contribution in [-0.2, 0) is 14.3 Å². The fraction of sp³-hybridized carbons (Fsp3) is 0.455. The van der Waals surface area contributed by atoms with Crippen molar-refractivity contribution in [3.05, 3.63) is 34.5 Å². The largest absolute Gasteiger partial charge is 0.490 e. The van der Waals surface area contributed by atoms with Crippen LogP contribution in [0.5, 0.6) is 5.75 Å². The van der Waals surface area contributed by atoms with Crippen molar-refractivity contribution in [1.82, 2.24) is 4.90 Å². The van der Waals surface area contributed by atoms with Crippen molar-refractivity contribution in [2.75, 3.05) is 26.3 Å². The summed E-state index contributed by atoms with van der Waals surface area (Å²) in [6.45, 7) is 9.62. The normalized spacial score (nSPS) is 11.6. The summed E-state index contributed by atoms with van der Waals surface area (Å²) in [5.74, 6) is 0.948. The number of halogens is 1. The van der Waals surface area contributed by atoms with Gasteiger partial charge in [0.05, 0.1) is 13.2 Å². The molecule has 1 aromatic heterocycles. The van der Waals surface area contributed by atoms with E-state index in [2.05, 4.69) is 15.9 Å². The highest BCUT2D eigenvalue weighted by molar-refractivity contribution is 9.10. The second-order valence-corrected chi connectivity index (χ2v) is 7.35. The molecule has 2 aromatic rings. The number of allylic oxidation sites excluding steroid dienone is 1. The van der Waals surface area contributed by atoms with Crippen LogP contribution in [0, 0.1) is 0 Å². The summed E-state index contributed by atoms with van der Waals surface area (Å²) >= 11 is 3.54. The lowest BCUT2D eigenvalue weighted by atomic mass is 10.2. The number of nitrogens with zero attached hydrogens (tertiary/aromatic N) is 1. The third-order valence-electron chi connectivity index (χ3n) is 4.49. The molecule has 158 valence electrons. The summed E-state index contributed by atoms with van der Waals surface area (Å²) in [6.07, 6.45) is 2.46. The van der Waals surface area contributed by atoms with E-state index in [0.717, 1.165) is 15.4 Å². The molecule has 0 radical (unpaired) electrons. The Morgan fingerprint density at radius 3 is 2.59 bits per heavy atom. The Morgan fingerprint density at radius 2 is 1.93 bits per heavy atom. The zero-order chi connectivity index (χ0) is 21.4. The number of likely N-dealkylation sites (N-methyl/N-ethyl adjacent to an activating group) is 1. The maximum absolute atomic E-state index is 12.4. The number of rotatable bonds is 10. The topological polar surface area (TPSA) is 69.0 Å². The molecule has 0 N–H and O–H groups in total. The minimum Gasteiger partial charge on any atom is -0.490 e. The molecule has 0 unspecified atom stereocenters. The van der Waals surface area contributed by atoms with Crippen LogP contribution in [-0.4, -0.2) is 43.1 Å². The molecule has 2 rings (SSSR count). The molecule has 0 saturated carbocycles. The summed E-state index contributed by atoms with van der Waals surface area (Å²) in [6, 6.07) is 5.61. The number of hydrogen-bond donors (Lipinski definition) is 0. The standard InChI is InChI=1S/C22H28BrNO5/c1-5-24(6-2)20(25)13-15(4)19-14-16-17(23)10-11-18(22(16)29-19)28-12-8-9-21(26)27-7-3/h10-11,13-14H,5-9,12H2,1-4H3/b15-13+. The lowest BCUT2D eigenvalue weighted by molar-refractivity contribution is -0.143. The molecular formula is C22H28BrNO5. The number of benzene rings is 1. The monoisotopic (exact) mass is 465 g/mol. The number of hydrogen-bond acceptors (Lipinski definition) is 5. The van der Waals surface area contributed by atoms with Gasteiger partial charge in [-0.05, 0) is 57.9 Å². The number of esters is 1. The lowest BCUT2D eigenvalue weighted by Gasteiger charge is -2.16. The summed E-state index contributed by atoms with van der Waals surface area (Å²) in [7, 11) is 0. The molecule has 0 aliphatic rings. The van der Waals surface area contributed by atoms with Gasteiger partial charge in [-0.15, -0.1) is 0 Å². The van der Waals surface area contributed by atoms with E-state index < -0.39 is 0 Å². The molecule has 0 aliphatic carbocycles. The molecule has 0 atom stereocenters. The second kappa shape index (κ2) is 11.0. The lowest BCUT2D eigenvalue weighted by Crippen LogP contribution is -2.28. The van der Waals surface area contributed by atoms with Gasteiger partial charge in [0.15, 0.2) is 11.3 Å². The Labute approximate surface area is 180 Å². The van der Waals surface area contributed by atoms with Gasteiger partial charge < -0.3 is 18.8 Å². The summed E-state index contributed by atoms with van der Waals surface area (Å²) < 4.78 is 17.7. The Balaban J connectivity index is 2.17. The highest BCUT2D eigenvalue weighted by Gasteiger charge is 2.15. The maximum Gasteiger partial charge on any atom is 0.305 e. The van der Waals surface area contributed by atoms with Crippen LogP contribution in [0.25, 0.3) is 16.5 Å². The molecule has 0 fully saturated rings. The Morgan fingerprint density at radius 1 is 1.21 bits per heavy atom. The Bertz CT molecular complexity index is 883. The third kappa shape index (κ3) is 6.10. The molecule has 7 heteroatoms. The first-order valence-electron chi connectivity index (χ1n) is 9.89. The highest BCUT2D eigenvalue weighted by atomic mass is 79.9. The Hall–Kier alpha value is -2.28. The number of carbonyl (C=O) groups is 2. The SMILES string of the molecule is CCOC(=O)CCCOc1ccc(Br)c2cc(/C(C)=C/C(=O)N(CC)CC)oc12. The minimum absolute atomic E-state index is 0.0394. The van der Waals surface area contributed by atoms with Crippen LogP contribution in [0.3, 0.4) is 0 Å². The molecule has 0 spiro atoms. The summed E-state index contributed by atoms with van der Waals surface area (Å²) in [4.78, 5) is 25.5. The van der Waals surface area contributed by atoms with Gasteiger partial charge in [0.1, 0.15) is 5.76 Å². The van der Waals surface area contributed by atoms with Crippen molar-refractivity contribution in [2.24, 2.45) is 0 Å². The van der Waals surface area contributed by atoms with Crippen LogP contribution in [0.2, 0.25) is 0 Å². The second-order valence-electron chi connectivity index (χ2n) is 6.49. The first-order valence-corrected chi connectivity index (χ1v) is 10.7. The fourth-order valence-corrected chi connectivity index (χ4v) is 3.32. The van der Waals surface area contributed by atoms with Crippen molar-refractivity contribution in [3.63, 3.8) is 0 Å². The van der Waals surface area contributed by atoms with E-state index in [9.17, 15) is 9.59 Å². The zero-order valence-corrected chi connectivity index (χ0v) is 19.0. The smallest absolute Gasteiger partial charge is 0.305 e. The van der Waals surface area contributed by atoms with Gasteiger partial charge in [0, 0.05) is 35.4 Å². The highest BCUT2D eigenvalue weighted by Crippen LogP contribution is 2.36. The van der Waals surface area contributed by atoms with Gasteiger partial charge in [0.25, 0.3) is 0 Å². The van der Waals surface area contributed by atoms with Crippen molar-refractivity contribution >= 4 is 44.3 Å². The van der Waals surface area contributed by atoms with Gasteiger partial charge in [0.2, 0.25) is 5.91 Å². The number of ether oxygens (including phenoxy) is 2. The van der Waals surface area contributed by atoms with Gasteiger partial charge in [-0.3, -0.25) is 9.59 Å². The van der Waals surface area contributed by atoms with Crippen LogP contribution in [0.15, 0.2) is 33.2 Å². The fourth-order valence-electron chi connectivity index (χ4n) is 2.89. The number of carbonyl (C=O) groups excluding carboxylic acids is 2. The van der Waals surface area contributed by atoms with Gasteiger partial charge in [-0.2, -0.15) is 0 Å². The predicted octanol–water partition coefficient (Wildman–Crippen LogP) is 5.19. The molecule has 0 saturated heterocycles. The zero-order valence-electron chi connectivity index (χ0n) is 17.4. The van der Waals surface area contributed by atoms with Crippen molar-refractivity contribution in [2.45, 2.75) is 40.5 Å². The molecule has 6 nitrogen and oxygen atoms in total. The van der Waals surface area contributed by atoms with Crippen LogP contribution in [0.1, 0.15) is 46.3 Å². The van der Waals surface area contributed by atoms with Gasteiger partial charge >= 0.3 is 5.97 Å². The van der Waals surface area contributed by atoms with E-state index in [0.29, 0.717) is 56.2 Å². The number of amides is 1.